The van der Waals surface area contributed by atoms with E-state index in [-0.39, 0.29) is 5.97 Å². The van der Waals surface area contributed by atoms with Crippen LogP contribution in [0, 0.1) is 6.92 Å². The van der Waals surface area contributed by atoms with Crippen molar-refractivity contribution in [2.75, 3.05) is 11.9 Å². The van der Waals surface area contributed by atoms with E-state index in [1.54, 1.807) is 4.68 Å². The van der Waals surface area contributed by atoms with Crippen LogP contribution in [0.5, 0.6) is 5.75 Å². The van der Waals surface area contributed by atoms with Crippen molar-refractivity contribution >= 4 is 11.9 Å². The van der Waals surface area contributed by atoms with Crippen LogP contribution in [0.3, 0.4) is 0 Å². The zero-order chi connectivity index (χ0) is 22.5. The van der Waals surface area contributed by atoms with Crippen molar-refractivity contribution in [3.63, 3.8) is 0 Å². The second-order valence-corrected chi connectivity index (χ2v) is 7.79. The Morgan fingerprint density at radius 3 is 2.66 bits per heavy atom. The molecule has 1 unspecified atom stereocenters. The van der Waals surface area contributed by atoms with Crippen LogP contribution in [0.1, 0.15) is 49.4 Å². The lowest BCUT2D eigenvalue weighted by Gasteiger charge is -2.27. The molecule has 0 amide bonds. The molecular weight excluding hydrogens is 406 g/mol. The predicted molar refractivity (Wildman–Crippen MR) is 120 cm³/mol. The van der Waals surface area contributed by atoms with Crippen molar-refractivity contribution < 1.29 is 14.3 Å². The summed E-state index contributed by atoms with van der Waals surface area (Å²) in [4.78, 5) is 12.9. The molecule has 1 N–H and O–H groups in total. The third kappa shape index (κ3) is 4.49. The number of carbonyl (C=O) groups excluding carboxylic acids is 1. The molecule has 166 valence electrons. The molecule has 3 aromatic rings. The lowest BCUT2D eigenvalue weighted by molar-refractivity contribution is -0.139. The fourth-order valence-corrected chi connectivity index (χ4v) is 3.65. The fraction of sp³-hybridized carbons (Fsp3) is 0.333. The normalized spacial score (nSPS) is 15.2. The summed E-state index contributed by atoms with van der Waals surface area (Å²) in [5, 5.41) is 15.0. The van der Waals surface area contributed by atoms with Gasteiger partial charge in [0.2, 0.25) is 5.95 Å². The van der Waals surface area contributed by atoms with Crippen LogP contribution in [0.15, 0.2) is 59.8 Å². The summed E-state index contributed by atoms with van der Waals surface area (Å²) in [6.07, 6.45) is 1.77. The number of anilines is 1. The molecule has 0 fully saturated rings. The topological polar surface area (TPSA) is 91.2 Å². The van der Waals surface area contributed by atoms with Gasteiger partial charge < -0.3 is 14.8 Å². The van der Waals surface area contributed by atoms with Gasteiger partial charge in [-0.2, -0.15) is 4.68 Å². The number of benzene rings is 2. The number of hydrogen-bond acceptors (Lipinski definition) is 7. The first-order chi connectivity index (χ1) is 15.6. The maximum atomic E-state index is 12.9. The van der Waals surface area contributed by atoms with E-state index in [0.717, 1.165) is 29.7 Å². The summed E-state index contributed by atoms with van der Waals surface area (Å²) < 4.78 is 13.1. The van der Waals surface area contributed by atoms with Crippen molar-refractivity contribution in [3.05, 3.63) is 76.5 Å². The van der Waals surface area contributed by atoms with Crippen molar-refractivity contribution in [2.45, 2.75) is 46.3 Å². The second kappa shape index (κ2) is 9.64. The monoisotopic (exact) mass is 433 g/mol. The minimum atomic E-state index is -0.485. The number of rotatable bonds is 8. The average Bonchev–Trinajstić information content (AvgIpc) is 3.26. The number of unbranched alkanes of at least 4 members (excludes halogenated alkanes) is 1. The summed E-state index contributed by atoms with van der Waals surface area (Å²) in [7, 11) is 0. The van der Waals surface area contributed by atoms with Crippen molar-refractivity contribution in [3.8, 4) is 5.75 Å². The summed E-state index contributed by atoms with van der Waals surface area (Å²) in [5.41, 5.74) is 4.37. The average molecular weight is 434 g/mol. The molecule has 0 spiro atoms. The third-order valence-electron chi connectivity index (χ3n) is 5.52. The van der Waals surface area contributed by atoms with Crippen LogP contribution in [-0.2, 0) is 16.1 Å². The number of fused-ring (bicyclic) bond motifs is 1. The minimum absolute atomic E-state index is 0.366. The van der Waals surface area contributed by atoms with Gasteiger partial charge in [-0.3, -0.25) is 0 Å². The number of carbonyl (C=O) groups is 1. The third-order valence-corrected chi connectivity index (χ3v) is 5.52. The van der Waals surface area contributed by atoms with Gasteiger partial charge in [-0.25, -0.2) is 4.79 Å². The Morgan fingerprint density at radius 2 is 1.91 bits per heavy atom. The SMILES string of the molecule is CCCCOC(=O)C1=C(C)Nc2nnnn2C1c1ccc(OCc2ccccc2C)cc1. The van der Waals surface area contributed by atoms with Gasteiger partial charge in [0, 0.05) is 5.70 Å². The van der Waals surface area contributed by atoms with E-state index in [4.69, 9.17) is 9.47 Å². The predicted octanol–water partition coefficient (Wildman–Crippen LogP) is 4.19. The molecule has 1 aromatic heterocycles. The zero-order valence-electron chi connectivity index (χ0n) is 18.5. The van der Waals surface area contributed by atoms with Gasteiger partial charge in [-0.1, -0.05) is 54.8 Å². The Morgan fingerprint density at radius 1 is 1.12 bits per heavy atom. The van der Waals surface area contributed by atoms with E-state index in [0.29, 0.717) is 30.4 Å². The maximum absolute atomic E-state index is 12.9. The number of nitrogens with zero attached hydrogens (tertiary/aromatic N) is 4. The lowest BCUT2D eigenvalue weighted by Crippen LogP contribution is -2.29. The molecule has 32 heavy (non-hydrogen) atoms. The smallest absolute Gasteiger partial charge is 0.338 e. The molecule has 0 radical (unpaired) electrons. The molecule has 0 saturated carbocycles. The first-order valence-corrected chi connectivity index (χ1v) is 10.8. The first kappa shape index (κ1) is 21.5. The highest BCUT2D eigenvalue weighted by molar-refractivity contribution is 5.92. The van der Waals surface area contributed by atoms with Crippen LogP contribution >= 0.6 is 0 Å². The first-order valence-electron chi connectivity index (χ1n) is 10.8. The molecule has 2 aromatic carbocycles. The number of ether oxygens (including phenoxy) is 2. The van der Waals surface area contributed by atoms with Crippen LogP contribution in [0.2, 0.25) is 0 Å². The number of aromatic nitrogens is 4. The van der Waals surface area contributed by atoms with Gasteiger partial charge in [0.05, 0.1) is 12.2 Å². The largest absolute Gasteiger partial charge is 0.489 e. The summed E-state index contributed by atoms with van der Waals surface area (Å²) in [6.45, 7) is 6.83. The van der Waals surface area contributed by atoms with Gasteiger partial charge in [-0.05, 0) is 59.5 Å². The molecule has 4 rings (SSSR count). The number of tetrazole rings is 1. The summed E-state index contributed by atoms with van der Waals surface area (Å²) in [6, 6.07) is 15.3. The molecule has 0 saturated heterocycles. The quantitative estimate of drug-likeness (QED) is 0.421. The number of nitrogens with one attached hydrogen (secondary N) is 1. The summed E-state index contributed by atoms with van der Waals surface area (Å²) in [5.74, 6) is 0.864. The van der Waals surface area contributed by atoms with Gasteiger partial charge in [0.1, 0.15) is 18.4 Å². The number of allylic oxidation sites excluding steroid dienone is 1. The highest BCUT2D eigenvalue weighted by Crippen LogP contribution is 2.35. The van der Waals surface area contributed by atoms with Gasteiger partial charge in [-0.15, -0.1) is 0 Å². The Labute approximate surface area is 187 Å². The molecule has 8 nitrogen and oxygen atoms in total. The molecule has 0 bridgehead atoms. The molecule has 1 aliphatic rings. The molecule has 0 aliphatic carbocycles. The van der Waals surface area contributed by atoms with Crippen LogP contribution in [0.4, 0.5) is 5.95 Å². The van der Waals surface area contributed by atoms with E-state index in [9.17, 15) is 4.79 Å². The molecule has 1 aliphatic heterocycles. The number of hydrogen-bond donors (Lipinski definition) is 1. The zero-order valence-corrected chi connectivity index (χ0v) is 18.5. The molecular formula is C24H27N5O3. The van der Waals surface area contributed by atoms with Crippen molar-refractivity contribution in [1.82, 2.24) is 20.2 Å². The molecule has 2 heterocycles. The molecule has 8 heteroatoms. The Hall–Kier alpha value is -3.68. The van der Waals surface area contributed by atoms with Crippen molar-refractivity contribution in [1.29, 1.82) is 0 Å². The Kier molecular flexibility index (Phi) is 6.49. The Balaban J connectivity index is 1.57. The number of esters is 1. The van der Waals surface area contributed by atoms with E-state index in [1.165, 1.54) is 5.56 Å². The van der Waals surface area contributed by atoms with E-state index in [1.807, 2.05) is 43.3 Å². The van der Waals surface area contributed by atoms with Crippen LogP contribution in [0.25, 0.3) is 0 Å². The van der Waals surface area contributed by atoms with Gasteiger partial charge in [0.25, 0.3) is 0 Å². The van der Waals surface area contributed by atoms with Crippen LogP contribution in [-0.4, -0.2) is 32.8 Å². The minimum Gasteiger partial charge on any atom is -0.489 e. The molecule has 1 atom stereocenters. The summed E-state index contributed by atoms with van der Waals surface area (Å²) >= 11 is 0. The van der Waals surface area contributed by atoms with Crippen molar-refractivity contribution in [2.24, 2.45) is 0 Å². The lowest BCUT2D eigenvalue weighted by atomic mass is 9.96. The second-order valence-electron chi connectivity index (χ2n) is 7.79. The van der Waals surface area contributed by atoms with E-state index in [2.05, 4.69) is 46.8 Å². The van der Waals surface area contributed by atoms with E-state index >= 15 is 0 Å². The standard InChI is InChI=1S/C24H27N5O3/c1-4-5-14-31-23(30)21-17(3)25-24-26-27-28-29(24)22(21)18-10-12-20(13-11-18)32-15-19-9-7-6-8-16(19)2/h6-13,22H,4-5,14-15H2,1-3H3,(H,25,26,28). The van der Waals surface area contributed by atoms with Gasteiger partial charge >= 0.3 is 5.97 Å². The fourth-order valence-electron chi connectivity index (χ4n) is 3.65. The highest BCUT2D eigenvalue weighted by Gasteiger charge is 2.34. The Bertz CT molecular complexity index is 1120. The van der Waals surface area contributed by atoms with Crippen LogP contribution < -0.4 is 10.1 Å². The van der Waals surface area contributed by atoms with Gasteiger partial charge in [0.15, 0.2) is 0 Å². The van der Waals surface area contributed by atoms with E-state index < -0.39 is 6.04 Å². The number of aryl methyl sites for hydroxylation is 1. The maximum Gasteiger partial charge on any atom is 0.338 e. The highest BCUT2D eigenvalue weighted by atomic mass is 16.5.